The molecule has 0 unspecified atom stereocenters. The van der Waals surface area contributed by atoms with Crippen LogP contribution in [0.3, 0.4) is 0 Å². The van der Waals surface area contributed by atoms with E-state index in [1.807, 2.05) is 24.3 Å². The second-order valence-electron chi connectivity index (χ2n) is 8.00. The zero-order valence-corrected chi connectivity index (χ0v) is 19.0. The minimum absolute atomic E-state index is 0.0910. The van der Waals surface area contributed by atoms with E-state index < -0.39 is 17.7 Å². The van der Waals surface area contributed by atoms with Gasteiger partial charge in [0.05, 0.1) is 18.6 Å². The standard InChI is InChI=1S/C27H26F3NO4/c28-27(29,30)23-12-8-20(9-13-23)21-10-14-24(15-11-21)35-18-2-1-3-19-4-6-22(7-5-19)26(34)31-17-16-25(32)33/h4-15H,1-3,16-18H2,(H,31,34)(H,32,33). The molecule has 3 rings (SSSR count). The minimum atomic E-state index is -4.35. The van der Waals surface area contributed by atoms with Gasteiger partial charge in [0.25, 0.3) is 5.91 Å². The highest BCUT2D eigenvalue weighted by molar-refractivity contribution is 5.94. The molecule has 3 aromatic rings. The Bertz CT molecular complexity index is 1110. The van der Waals surface area contributed by atoms with Crippen LogP contribution in [-0.4, -0.2) is 30.1 Å². The Kier molecular flexibility index (Phi) is 8.89. The number of hydrogen-bond acceptors (Lipinski definition) is 3. The fourth-order valence-electron chi connectivity index (χ4n) is 3.42. The summed E-state index contributed by atoms with van der Waals surface area (Å²) in [4.78, 5) is 22.5. The fourth-order valence-corrected chi connectivity index (χ4v) is 3.42. The highest BCUT2D eigenvalue weighted by Crippen LogP contribution is 2.31. The molecular formula is C27H26F3NO4. The average molecular weight is 486 g/mol. The lowest BCUT2D eigenvalue weighted by atomic mass is 10.0. The van der Waals surface area contributed by atoms with Gasteiger partial charge in [0, 0.05) is 12.1 Å². The molecule has 0 aliphatic heterocycles. The first-order valence-corrected chi connectivity index (χ1v) is 11.2. The molecule has 5 nitrogen and oxygen atoms in total. The number of amides is 1. The SMILES string of the molecule is O=C(O)CCNC(=O)c1ccc(CCCCOc2ccc(-c3ccc(C(F)(F)F)cc3)cc2)cc1. The van der Waals surface area contributed by atoms with Crippen molar-refractivity contribution in [3.05, 3.63) is 89.5 Å². The predicted molar refractivity (Wildman–Crippen MR) is 126 cm³/mol. The van der Waals surface area contributed by atoms with E-state index in [-0.39, 0.29) is 18.9 Å². The Morgan fingerprint density at radius 3 is 2.00 bits per heavy atom. The largest absolute Gasteiger partial charge is 0.494 e. The highest BCUT2D eigenvalue weighted by Gasteiger charge is 2.29. The first kappa shape index (κ1) is 25.8. The van der Waals surface area contributed by atoms with E-state index in [1.54, 1.807) is 24.3 Å². The number of unbranched alkanes of at least 4 members (excludes halogenated alkanes) is 1. The summed E-state index contributed by atoms with van der Waals surface area (Å²) in [6.07, 6.45) is -1.90. The van der Waals surface area contributed by atoms with Gasteiger partial charge in [-0.05, 0) is 72.4 Å². The molecule has 1 amide bonds. The number of carboxylic acids is 1. The molecule has 8 heteroatoms. The lowest BCUT2D eigenvalue weighted by molar-refractivity contribution is -0.138. The molecule has 0 saturated carbocycles. The van der Waals surface area contributed by atoms with E-state index in [0.29, 0.717) is 23.5 Å². The number of carbonyl (C=O) groups is 2. The van der Waals surface area contributed by atoms with Crippen molar-refractivity contribution in [2.45, 2.75) is 31.9 Å². The molecule has 0 radical (unpaired) electrons. The number of aryl methyl sites for hydroxylation is 1. The number of benzene rings is 3. The van der Waals surface area contributed by atoms with E-state index in [9.17, 15) is 22.8 Å². The van der Waals surface area contributed by atoms with Crippen molar-refractivity contribution in [3.8, 4) is 16.9 Å². The normalized spacial score (nSPS) is 11.2. The lowest BCUT2D eigenvalue weighted by Gasteiger charge is -2.09. The highest BCUT2D eigenvalue weighted by atomic mass is 19.4. The first-order chi connectivity index (χ1) is 16.7. The maximum absolute atomic E-state index is 12.7. The fraction of sp³-hybridized carbons (Fsp3) is 0.259. The number of ether oxygens (including phenoxy) is 1. The number of hydrogen-bond donors (Lipinski definition) is 2. The van der Waals surface area contributed by atoms with Crippen LogP contribution in [0.25, 0.3) is 11.1 Å². The first-order valence-electron chi connectivity index (χ1n) is 11.2. The van der Waals surface area contributed by atoms with Crippen LogP contribution < -0.4 is 10.1 Å². The van der Waals surface area contributed by atoms with Gasteiger partial charge in [-0.3, -0.25) is 9.59 Å². The van der Waals surface area contributed by atoms with Gasteiger partial charge in [-0.15, -0.1) is 0 Å². The molecule has 35 heavy (non-hydrogen) atoms. The van der Waals surface area contributed by atoms with Gasteiger partial charge in [-0.1, -0.05) is 36.4 Å². The number of alkyl halides is 3. The van der Waals surface area contributed by atoms with Crippen molar-refractivity contribution in [2.24, 2.45) is 0 Å². The Labute approximate surface area is 201 Å². The number of nitrogens with one attached hydrogen (secondary N) is 1. The van der Waals surface area contributed by atoms with Gasteiger partial charge in [-0.25, -0.2) is 0 Å². The smallest absolute Gasteiger partial charge is 0.416 e. The Hall–Kier alpha value is -3.81. The third-order valence-electron chi connectivity index (χ3n) is 5.37. The van der Waals surface area contributed by atoms with Crippen LogP contribution >= 0.6 is 0 Å². The van der Waals surface area contributed by atoms with Crippen LogP contribution in [-0.2, 0) is 17.4 Å². The second-order valence-corrected chi connectivity index (χ2v) is 8.00. The molecule has 0 atom stereocenters. The van der Waals surface area contributed by atoms with E-state index in [4.69, 9.17) is 9.84 Å². The minimum Gasteiger partial charge on any atom is -0.494 e. The van der Waals surface area contributed by atoms with Crippen LogP contribution in [0.4, 0.5) is 13.2 Å². The van der Waals surface area contributed by atoms with Gasteiger partial charge >= 0.3 is 12.1 Å². The molecule has 3 aromatic carbocycles. The third kappa shape index (κ3) is 8.17. The Balaban J connectivity index is 1.38. The summed E-state index contributed by atoms with van der Waals surface area (Å²) in [6, 6.07) is 19.5. The molecule has 0 heterocycles. The molecule has 184 valence electrons. The summed E-state index contributed by atoms with van der Waals surface area (Å²) in [5.74, 6) is -0.561. The summed E-state index contributed by atoms with van der Waals surface area (Å²) in [7, 11) is 0. The predicted octanol–water partition coefficient (Wildman–Crippen LogP) is 5.98. The van der Waals surface area contributed by atoms with E-state index in [0.717, 1.165) is 42.5 Å². The van der Waals surface area contributed by atoms with Gasteiger partial charge in [0.15, 0.2) is 0 Å². The maximum Gasteiger partial charge on any atom is 0.416 e. The zero-order valence-electron chi connectivity index (χ0n) is 19.0. The van der Waals surface area contributed by atoms with Gasteiger partial charge in [0.1, 0.15) is 5.75 Å². The van der Waals surface area contributed by atoms with E-state index in [2.05, 4.69) is 5.32 Å². The molecule has 0 bridgehead atoms. The summed E-state index contributed by atoms with van der Waals surface area (Å²) in [6.45, 7) is 0.622. The number of halogens is 3. The molecule has 0 aliphatic rings. The van der Waals surface area contributed by atoms with Crippen LogP contribution in [0.1, 0.15) is 40.7 Å². The average Bonchev–Trinajstić information content (AvgIpc) is 2.84. The van der Waals surface area contributed by atoms with Gasteiger partial charge in [0.2, 0.25) is 0 Å². The van der Waals surface area contributed by atoms with Crippen molar-refractivity contribution in [1.82, 2.24) is 5.32 Å². The van der Waals surface area contributed by atoms with E-state index in [1.165, 1.54) is 12.1 Å². The number of carbonyl (C=O) groups excluding carboxylic acids is 1. The summed E-state index contributed by atoms with van der Waals surface area (Å²) < 4.78 is 43.9. The molecule has 0 aromatic heterocycles. The molecule has 0 spiro atoms. The topological polar surface area (TPSA) is 75.6 Å². The van der Waals surface area contributed by atoms with Crippen molar-refractivity contribution >= 4 is 11.9 Å². The van der Waals surface area contributed by atoms with Gasteiger partial charge < -0.3 is 15.2 Å². The molecule has 0 saturated heterocycles. The van der Waals surface area contributed by atoms with Crippen LogP contribution in [0.5, 0.6) is 5.75 Å². The Morgan fingerprint density at radius 2 is 1.43 bits per heavy atom. The molecule has 2 N–H and O–H groups in total. The van der Waals surface area contributed by atoms with Crippen molar-refractivity contribution < 1.29 is 32.6 Å². The van der Waals surface area contributed by atoms with Crippen LogP contribution in [0.2, 0.25) is 0 Å². The van der Waals surface area contributed by atoms with Crippen LogP contribution in [0.15, 0.2) is 72.8 Å². The molecule has 0 aliphatic carbocycles. The lowest BCUT2D eigenvalue weighted by Crippen LogP contribution is -2.25. The third-order valence-corrected chi connectivity index (χ3v) is 5.37. The number of aliphatic carboxylic acids is 1. The molecule has 0 fully saturated rings. The second kappa shape index (κ2) is 12.1. The summed E-state index contributed by atoms with van der Waals surface area (Å²) in [5.41, 5.74) is 2.42. The quantitative estimate of drug-likeness (QED) is 0.328. The summed E-state index contributed by atoms with van der Waals surface area (Å²) in [5, 5.41) is 11.2. The summed E-state index contributed by atoms with van der Waals surface area (Å²) >= 11 is 0. The maximum atomic E-state index is 12.7. The Morgan fingerprint density at radius 1 is 0.829 bits per heavy atom. The zero-order chi connectivity index (χ0) is 25.3. The monoisotopic (exact) mass is 485 g/mol. The number of carboxylic acid groups (broad SMARTS) is 1. The van der Waals surface area contributed by atoms with E-state index >= 15 is 0 Å². The van der Waals surface area contributed by atoms with Crippen molar-refractivity contribution in [1.29, 1.82) is 0 Å². The molecular weight excluding hydrogens is 459 g/mol. The number of rotatable bonds is 11. The van der Waals surface area contributed by atoms with Gasteiger partial charge in [-0.2, -0.15) is 13.2 Å². The van der Waals surface area contributed by atoms with Crippen LogP contribution in [0, 0.1) is 0 Å². The van der Waals surface area contributed by atoms with Crippen molar-refractivity contribution in [3.63, 3.8) is 0 Å². The van der Waals surface area contributed by atoms with Crippen molar-refractivity contribution in [2.75, 3.05) is 13.2 Å².